The molecule has 4 atom stereocenters. The zero-order chi connectivity index (χ0) is 30.9. The van der Waals surface area contributed by atoms with Gasteiger partial charge in [-0.1, -0.05) is 72.6 Å². The molecule has 1 aliphatic carbocycles. The smallest absolute Gasteiger partial charge is 0.232 e. The molecule has 0 radical (unpaired) electrons. The fourth-order valence-corrected chi connectivity index (χ4v) is 7.83. The molecule has 3 aromatic rings. The van der Waals surface area contributed by atoms with E-state index in [1.807, 2.05) is 60.4 Å². The normalized spacial score (nSPS) is 23.0. The van der Waals surface area contributed by atoms with E-state index in [0.717, 1.165) is 30.2 Å². The van der Waals surface area contributed by atoms with E-state index in [2.05, 4.69) is 12.6 Å². The second-order valence-electron chi connectivity index (χ2n) is 12.0. The van der Waals surface area contributed by atoms with Gasteiger partial charge in [-0.3, -0.25) is 9.10 Å². The first-order valence-electron chi connectivity index (χ1n) is 14.4. The number of nitrogens with zero attached hydrogens (tertiary/aromatic N) is 3. The molecule has 2 fully saturated rings. The number of nitriles is 1. The summed E-state index contributed by atoms with van der Waals surface area (Å²) >= 11 is 12.8. The molecule has 1 heterocycles. The zero-order valence-electron chi connectivity index (χ0n) is 24.3. The maximum Gasteiger partial charge on any atom is 0.232 e. The highest BCUT2D eigenvalue weighted by Crippen LogP contribution is 2.54. The number of hydrogen-bond acceptors (Lipinski definition) is 4. The third-order valence-electron chi connectivity index (χ3n) is 8.76. The van der Waals surface area contributed by atoms with Gasteiger partial charge in [0.05, 0.1) is 41.6 Å². The molecule has 1 saturated carbocycles. The van der Waals surface area contributed by atoms with Gasteiger partial charge in [-0.2, -0.15) is 5.26 Å². The van der Waals surface area contributed by atoms with Crippen LogP contribution in [-0.4, -0.2) is 38.1 Å². The van der Waals surface area contributed by atoms with Gasteiger partial charge in [0.25, 0.3) is 0 Å². The highest BCUT2D eigenvalue weighted by molar-refractivity contribution is 7.92. The summed E-state index contributed by atoms with van der Waals surface area (Å²) in [4.78, 5) is 16.8. The summed E-state index contributed by atoms with van der Waals surface area (Å²) in [5.41, 5.74) is 1.72. The molecule has 0 spiro atoms. The minimum absolute atomic E-state index is 0.0322. The monoisotopic (exact) mass is 635 g/mol. The van der Waals surface area contributed by atoms with Crippen LogP contribution in [0, 0.1) is 22.7 Å². The van der Waals surface area contributed by atoms with E-state index in [-0.39, 0.29) is 29.9 Å². The Morgan fingerprint density at radius 1 is 1.07 bits per heavy atom. The van der Waals surface area contributed by atoms with Crippen LogP contribution in [0.15, 0.2) is 85.5 Å². The second kappa shape index (κ2) is 12.4. The van der Waals surface area contributed by atoms with E-state index in [4.69, 9.17) is 23.2 Å². The minimum Gasteiger partial charge on any atom is -0.329 e. The van der Waals surface area contributed by atoms with Gasteiger partial charge in [0.15, 0.2) is 0 Å². The van der Waals surface area contributed by atoms with Crippen LogP contribution < -0.4 is 4.31 Å². The quantitative estimate of drug-likeness (QED) is 0.213. The number of likely N-dealkylation sites (tertiary alicyclic amines) is 1. The van der Waals surface area contributed by atoms with Crippen molar-refractivity contribution in [3.63, 3.8) is 0 Å². The molecule has 3 aromatic carbocycles. The topological polar surface area (TPSA) is 81.5 Å². The summed E-state index contributed by atoms with van der Waals surface area (Å²) in [6.45, 7) is 5.97. The van der Waals surface area contributed by atoms with Gasteiger partial charge in [-0.25, -0.2) is 8.42 Å². The Morgan fingerprint density at radius 3 is 2.37 bits per heavy atom. The second-order valence-corrected chi connectivity index (χ2v) is 14.7. The number of hydrogen-bond donors (Lipinski definition) is 0. The molecule has 43 heavy (non-hydrogen) atoms. The number of anilines is 1. The Morgan fingerprint density at radius 2 is 1.77 bits per heavy atom. The molecular weight excluding hydrogens is 601 g/mol. The highest BCUT2D eigenvalue weighted by atomic mass is 35.5. The largest absolute Gasteiger partial charge is 0.329 e. The summed E-state index contributed by atoms with van der Waals surface area (Å²) in [6, 6.07) is 23.3. The van der Waals surface area contributed by atoms with Crippen molar-refractivity contribution in [1.29, 1.82) is 5.26 Å². The van der Waals surface area contributed by atoms with Crippen LogP contribution in [0.5, 0.6) is 0 Å². The predicted octanol–water partition coefficient (Wildman–Crippen LogP) is 7.75. The van der Waals surface area contributed by atoms with Crippen LogP contribution in [0.1, 0.15) is 61.3 Å². The van der Waals surface area contributed by atoms with Crippen LogP contribution >= 0.6 is 23.2 Å². The molecule has 0 bridgehead atoms. The Bertz CT molecular complexity index is 1670. The van der Waals surface area contributed by atoms with Crippen molar-refractivity contribution in [2.45, 2.75) is 50.6 Å². The van der Waals surface area contributed by atoms with Crippen LogP contribution in [0.25, 0.3) is 0 Å². The number of piperidine rings is 1. The number of carbonyl (C=O) groups excluding carboxylic acids is 1. The molecule has 1 amide bonds. The Balaban J connectivity index is 1.71. The summed E-state index contributed by atoms with van der Waals surface area (Å²) in [5.74, 6) is -0.0743. The van der Waals surface area contributed by atoms with Crippen LogP contribution in [-0.2, 0) is 14.8 Å². The van der Waals surface area contributed by atoms with Gasteiger partial charge < -0.3 is 4.90 Å². The number of amides is 1. The van der Waals surface area contributed by atoms with Gasteiger partial charge in [-0.05, 0) is 79.1 Å². The lowest BCUT2D eigenvalue weighted by Crippen LogP contribution is -2.59. The number of benzene rings is 3. The van der Waals surface area contributed by atoms with Crippen LogP contribution in [0.2, 0.25) is 10.0 Å². The Labute approximate surface area is 264 Å². The molecule has 9 heteroatoms. The van der Waals surface area contributed by atoms with Gasteiger partial charge in [0.2, 0.25) is 15.9 Å². The third kappa shape index (κ3) is 6.47. The van der Waals surface area contributed by atoms with Crippen molar-refractivity contribution in [3.8, 4) is 6.07 Å². The number of rotatable bonds is 10. The molecule has 224 valence electrons. The fourth-order valence-electron chi connectivity index (χ4n) is 6.57. The van der Waals surface area contributed by atoms with Crippen molar-refractivity contribution in [2.75, 3.05) is 17.1 Å². The van der Waals surface area contributed by atoms with E-state index < -0.39 is 27.5 Å². The van der Waals surface area contributed by atoms with Crippen molar-refractivity contribution in [3.05, 3.63) is 112 Å². The molecule has 4 unspecified atom stereocenters. The first kappa shape index (κ1) is 31.1. The molecule has 0 N–H and O–H groups in total. The van der Waals surface area contributed by atoms with E-state index in [9.17, 15) is 18.5 Å². The van der Waals surface area contributed by atoms with Crippen molar-refractivity contribution in [2.24, 2.45) is 11.3 Å². The highest BCUT2D eigenvalue weighted by Gasteiger charge is 2.54. The lowest BCUT2D eigenvalue weighted by Gasteiger charge is -2.53. The molecule has 0 aromatic heterocycles. The summed E-state index contributed by atoms with van der Waals surface area (Å²) in [6.07, 6.45) is 5.71. The lowest BCUT2D eigenvalue weighted by atomic mass is 9.67. The predicted molar refractivity (Wildman–Crippen MR) is 173 cm³/mol. The first-order chi connectivity index (χ1) is 20.5. The SMILES string of the molecule is C=CCC1(C)CC(c2cccc(Cl)c2)C(c2ccc(Cl)cc2)N(C(CN(c2ccccc2C#N)S(C)(=O)=O)C2CC2)C1=O. The molecule has 2 aliphatic rings. The summed E-state index contributed by atoms with van der Waals surface area (Å²) in [7, 11) is -3.81. The standard InChI is InChI=1S/C34H35Cl2N3O3S/c1-4-18-34(2)20-29(25-9-7-10-28(36)19-25)32(24-14-16-27(35)17-15-24)39(33(34)40)31(23-12-13-23)22-38(43(3,41)42)30-11-6-5-8-26(30)21-37/h4-11,14-17,19,23,29,31-32H,1,12-13,18,20,22H2,2-3H3. The van der Waals surface area contributed by atoms with Gasteiger partial charge >= 0.3 is 0 Å². The average Bonchev–Trinajstić information content (AvgIpc) is 3.81. The Hall–Kier alpha value is -3.31. The summed E-state index contributed by atoms with van der Waals surface area (Å²) in [5, 5.41) is 11.0. The van der Waals surface area contributed by atoms with Crippen molar-refractivity contribution >= 4 is 44.8 Å². The molecule has 5 rings (SSSR count). The first-order valence-corrected chi connectivity index (χ1v) is 17.0. The van der Waals surface area contributed by atoms with Gasteiger partial charge in [0.1, 0.15) is 6.07 Å². The molecular formula is C34H35Cl2N3O3S. The molecule has 1 saturated heterocycles. The lowest BCUT2D eigenvalue weighted by molar-refractivity contribution is -0.154. The van der Waals surface area contributed by atoms with Crippen molar-refractivity contribution in [1.82, 2.24) is 4.90 Å². The average molecular weight is 637 g/mol. The van der Waals surface area contributed by atoms with Crippen LogP contribution in [0.4, 0.5) is 5.69 Å². The van der Waals surface area contributed by atoms with Gasteiger partial charge in [0, 0.05) is 16.0 Å². The van der Waals surface area contributed by atoms with E-state index in [0.29, 0.717) is 28.6 Å². The summed E-state index contributed by atoms with van der Waals surface area (Å²) < 4.78 is 28.0. The molecule has 1 aliphatic heterocycles. The maximum absolute atomic E-state index is 14.8. The number of sulfonamides is 1. The fraction of sp³-hybridized carbons (Fsp3) is 0.353. The van der Waals surface area contributed by atoms with E-state index in [1.165, 1.54) is 4.31 Å². The Kier molecular flexibility index (Phi) is 8.94. The van der Waals surface area contributed by atoms with Crippen molar-refractivity contribution < 1.29 is 13.2 Å². The number of allylic oxidation sites excluding steroid dienone is 1. The molecule has 6 nitrogen and oxygen atoms in total. The third-order valence-corrected chi connectivity index (χ3v) is 10.4. The number of halogens is 2. The number of para-hydroxylation sites is 1. The van der Waals surface area contributed by atoms with E-state index >= 15 is 0 Å². The van der Waals surface area contributed by atoms with E-state index in [1.54, 1.807) is 30.3 Å². The minimum atomic E-state index is -3.81. The maximum atomic E-state index is 14.8. The van der Waals surface area contributed by atoms with Crippen LogP contribution in [0.3, 0.4) is 0 Å². The zero-order valence-corrected chi connectivity index (χ0v) is 26.6. The number of carbonyl (C=O) groups is 1. The van der Waals surface area contributed by atoms with Gasteiger partial charge in [-0.15, -0.1) is 6.58 Å².